The molecule has 3 nitrogen and oxygen atoms in total. The van der Waals surface area contributed by atoms with Gasteiger partial charge >= 0.3 is 0 Å². The van der Waals surface area contributed by atoms with Gasteiger partial charge in [-0.15, -0.1) is 0 Å². The number of aryl methyl sites for hydroxylation is 1. The van der Waals surface area contributed by atoms with Crippen LogP contribution in [0.4, 0.5) is 0 Å². The molecule has 1 heterocycles. The largest absolute Gasteiger partial charge is 0.334 e. The molecule has 0 aliphatic rings. The lowest BCUT2D eigenvalue weighted by Crippen LogP contribution is -2.21. The topological polar surface area (TPSA) is 29.9 Å². The fourth-order valence-electron chi connectivity index (χ4n) is 1.64. The zero-order valence-electron chi connectivity index (χ0n) is 10.00. The van der Waals surface area contributed by atoms with E-state index in [9.17, 15) is 0 Å². The van der Waals surface area contributed by atoms with Crippen molar-refractivity contribution >= 4 is 0 Å². The van der Waals surface area contributed by atoms with Gasteiger partial charge in [0.05, 0.1) is 0 Å². The fraction of sp³-hybridized carbons (Fsp3) is 0.750. The van der Waals surface area contributed by atoms with Gasteiger partial charge in [-0.3, -0.25) is 0 Å². The summed E-state index contributed by atoms with van der Waals surface area (Å²) < 4.78 is 2.18. The van der Waals surface area contributed by atoms with Gasteiger partial charge in [-0.05, 0) is 19.9 Å². The SMILES string of the molecule is CCCCCCNCCn1ccnc1C. The van der Waals surface area contributed by atoms with E-state index in [0.29, 0.717) is 0 Å². The first-order valence-electron chi connectivity index (χ1n) is 6.03. The third-order valence-electron chi connectivity index (χ3n) is 2.66. The molecule has 0 atom stereocenters. The Morgan fingerprint density at radius 3 is 2.80 bits per heavy atom. The molecule has 1 N–H and O–H groups in total. The normalized spacial score (nSPS) is 10.8. The van der Waals surface area contributed by atoms with Gasteiger partial charge in [-0.25, -0.2) is 4.98 Å². The van der Waals surface area contributed by atoms with E-state index in [-0.39, 0.29) is 0 Å². The van der Waals surface area contributed by atoms with Crippen molar-refractivity contribution in [2.24, 2.45) is 0 Å². The molecule has 0 fully saturated rings. The molecular weight excluding hydrogens is 186 g/mol. The van der Waals surface area contributed by atoms with E-state index in [0.717, 1.165) is 25.5 Å². The van der Waals surface area contributed by atoms with E-state index in [1.54, 1.807) is 0 Å². The molecular formula is C12H23N3. The molecule has 1 rings (SSSR count). The van der Waals surface area contributed by atoms with Crippen LogP contribution in [-0.2, 0) is 6.54 Å². The maximum absolute atomic E-state index is 4.19. The zero-order valence-corrected chi connectivity index (χ0v) is 10.00. The van der Waals surface area contributed by atoms with Crippen LogP contribution in [0.3, 0.4) is 0 Å². The highest BCUT2D eigenvalue weighted by Gasteiger charge is 1.95. The van der Waals surface area contributed by atoms with E-state index in [1.807, 2.05) is 19.3 Å². The van der Waals surface area contributed by atoms with Crippen LogP contribution in [0.25, 0.3) is 0 Å². The molecule has 0 unspecified atom stereocenters. The second-order valence-electron chi connectivity index (χ2n) is 3.98. The van der Waals surface area contributed by atoms with Gasteiger partial charge in [0, 0.05) is 25.5 Å². The van der Waals surface area contributed by atoms with Crippen LogP contribution >= 0.6 is 0 Å². The van der Waals surface area contributed by atoms with Crippen LogP contribution in [0.15, 0.2) is 12.4 Å². The van der Waals surface area contributed by atoms with Gasteiger partial charge in [0.2, 0.25) is 0 Å². The molecule has 0 aliphatic heterocycles. The van der Waals surface area contributed by atoms with Crippen LogP contribution in [0.1, 0.15) is 38.4 Å². The summed E-state index contributed by atoms with van der Waals surface area (Å²) in [5.74, 6) is 1.10. The van der Waals surface area contributed by atoms with E-state index in [2.05, 4.69) is 21.8 Å². The van der Waals surface area contributed by atoms with Gasteiger partial charge in [0.25, 0.3) is 0 Å². The molecule has 0 saturated carbocycles. The first kappa shape index (κ1) is 12.2. The lowest BCUT2D eigenvalue weighted by Gasteiger charge is -2.06. The Bertz CT molecular complexity index is 255. The number of nitrogens with zero attached hydrogens (tertiary/aromatic N) is 2. The predicted octanol–water partition coefficient (Wildman–Crippen LogP) is 2.36. The number of nitrogens with one attached hydrogen (secondary N) is 1. The third-order valence-corrected chi connectivity index (χ3v) is 2.66. The number of unbranched alkanes of at least 4 members (excludes halogenated alkanes) is 3. The average molecular weight is 209 g/mol. The van der Waals surface area contributed by atoms with Crippen LogP contribution in [0.2, 0.25) is 0 Å². The third kappa shape index (κ3) is 4.98. The fourth-order valence-corrected chi connectivity index (χ4v) is 1.64. The van der Waals surface area contributed by atoms with E-state index in [1.165, 1.54) is 25.7 Å². The lowest BCUT2D eigenvalue weighted by molar-refractivity contribution is 0.556. The number of imidazole rings is 1. The number of rotatable bonds is 8. The Morgan fingerprint density at radius 2 is 2.13 bits per heavy atom. The average Bonchev–Trinajstić information content (AvgIpc) is 2.63. The Hall–Kier alpha value is -0.830. The maximum atomic E-state index is 4.19. The minimum Gasteiger partial charge on any atom is -0.334 e. The Labute approximate surface area is 92.9 Å². The summed E-state index contributed by atoms with van der Waals surface area (Å²) in [6, 6.07) is 0. The molecule has 3 heteroatoms. The maximum Gasteiger partial charge on any atom is 0.105 e. The minimum absolute atomic E-state index is 1.03. The van der Waals surface area contributed by atoms with Crippen molar-refractivity contribution in [3.63, 3.8) is 0 Å². The molecule has 1 aromatic heterocycles. The monoisotopic (exact) mass is 209 g/mol. The van der Waals surface area contributed by atoms with Crippen LogP contribution in [0, 0.1) is 6.92 Å². The second kappa shape index (κ2) is 7.46. The van der Waals surface area contributed by atoms with Gasteiger partial charge in [-0.1, -0.05) is 26.2 Å². The summed E-state index contributed by atoms with van der Waals surface area (Å²) in [5, 5.41) is 3.46. The quantitative estimate of drug-likeness (QED) is 0.666. The molecule has 0 spiro atoms. The van der Waals surface area contributed by atoms with Gasteiger partial charge < -0.3 is 9.88 Å². The van der Waals surface area contributed by atoms with E-state index < -0.39 is 0 Å². The molecule has 1 aromatic rings. The molecule has 15 heavy (non-hydrogen) atoms. The molecule has 86 valence electrons. The van der Waals surface area contributed by atoms with Gasteiger partial charge in [-0.2, -0.15) is 0 Å². The standard InChI is InChI=1S/C12H23N3/c1-3-4-5-6-7-13-8-10-15-11-9-14-12(15)2/h9,11,13H,3-8,10H2,1-2H3. The van der Waals surface area contributed by atoms with Crippen LogP contribution < -0.4 is 5.32 Å². The first-order chi connectivity index (χ1) is 7.34. The van der Waals surface area contributed by atoms with Crippen molar-refractivity contribution in [2.45, 2.75) is 46.1 Å². The van der Waals surface area contributed by atoms with Crippen molar-refractivity contribution in [3.05, 3.63) is 18.2 Å². The first-order valence-corrected chi connectivity index (χ1v) is 6.03. The lowest BCUT2D eigenvalue weighted by atomic mass is 10.2. The zero-order chi connectivity index (χ0) is 10.9. The number of aromatic nitrogens is 2. The second-order valence-corrected chi connectivity index (χ2v) is 3.98. The van der Waals surface area contributed by atoms with Crippen molar-refractivity contribution < 1.29 is 0 Å². The molecule has 0 amide bonds. The molecule has 0 saturated heterocycles. The summed E-state index contributed by atoms with van der Waals surface area (Å²) >= 11 is 0. The van der Waals surface area contributed by atoms with Gasteiger partial charge in [0.1, 0.15) is 5.82 Å². The molecule has 0 aliphatic carbocycles. The van der Waals surface area contributed by atoms with Crippen molar-refractivity contribution in [1.82, 2.24) is 14.9 Å². The summed E-state index contributed by atoms with van der Waals surface area (Å²) in [4.78, 5) is 4.19. The number of hydrogen-bond donors (Lipinski definition) is 1. The summed E-state index contributed by atoms with van der Waals surface area (Å²) in [7, 11) is 0. The van der Waals surface area contributed by atoms with Crippen molar-refractivity contribution in [2.75, 3.05) is 13.1 Å². The molecule has 0 radical (unpaired) electrons. The summed E-state index contributed by atoms with van der Waals surface area (Å²) in [6.07, 6.45) is 9.23. The van der Waals surface area contributed by atoms with Crippen LogP contribution in [-0.4, -0.2) is 22.6 Å². The highest BCUT2D eigenvalue weighted by atomic mass is 15.1. The van der Waals surface area contributed by atoms with Crippen LogP contribution in [0.5, 0.6) is 0 Å². The smallest absolute Gasteiger partial charge is 0.105 e. The van der Waals surface area contributed by atoms with E-state index in [4.69, 9.17) is 0 Å². The summed E-state index contributed by atoms with van der Waals surface area (Å²) in [5.41, 5.74) is 0. The van der Waals surface area contributed by atoms with E-state index >= 15 is 0 Å². The Balaban J connectivity index is 1.96. The highest BCUT2D eigenvalue weighted by molar-refractivity contribution is 4.88. The predicted molar refractivity (Wildman–Crippen MR) is 64.0 cm³/mol. The molecule has 0 bridgehead atoms. The van der Waals surface area contributed by atoms with Gasteiger partial charge in [0.15, 0.2) is 0 Å². The van der Waals surface area contributed by atoms with Crippen molar-refractivity contribution in [1.29, 1.82) is 0 Å². The minimum atomic E-state index is 1.03. The Kier molecular flexibility index (Phi) is 6.09. The highest BCUT2D eigenvalue weighted by Crippen LogP contribution is 1.97. The number of hydrogen-bond acceptors (Lipinski definition) is 2. The van der Waals surface area contributed by atoms with Crippen molar-refractivity contribution in [3.8, 4) is 0 Å². The Morgan fingerprint density at radius 1 is 1.27 bits per heavy atom. The molecule has 0 aromatic carbocycles. The summed E-state index contributed by atoms with van der Waals surface area (Å²) in [6.45, 7) is 7.51.